The van der Waals surface area contributed by atoms with Crippen LogP contribution in [0.1, 0.15) is 30.9 Å². The van der Waals surface area contributed by atoms with Gasteiger partial charge in [0.1, 0.15) is 5.82 Å². The van der Waals surface area contributed by atoms with E-state index in [1.807, 2.05) is 24.3 Å². The summed E-state index contributed by atoms with van der Waals surface area (Å²) in [5.74, 6) is 0.327. The van der Waals surface area contributed by atoms with Gasteiger partial charge in [0.15, 0.2) is 0 Å². The molecule has 2 aromatic rings. The molecule has 0 heterocycles. The first-order chi connectivity index (χ1) is 10.5. The van der Waals surface area contributed by atoms with Crippen molar-refractivity contribution in [2.45, 2.75) is 26.7 Å². The number of hydrogen-bond donors (Lipinski definition) is 0. The maximum Gasteiger partial charge on any atom is 0.127 e. The van der Waals surface area contributed by atoms with Crippen LogP contribution in [0.2, 0.25) is 0 Å². The van der Waals surface area contributed by atoms with Crippen LogP contribution in [0.5, 0.6) is 0 Å². The highest BCUT2D eigenvalue weighted by Gasteiger charge is 2.21. The van der Waals surface area contributed by atoms with E-state index in [0.29, 0.717) is 5.92 Å². The average molecular weight is 292 g/mol. The summed E-state index contributed by atoms with van der Waals surface area (Å²) in [6.07, 6.45) is 6.40. The number of hydrogen-bond acceptors (Lipinski definition) is 0. The van der Waals surface area contributed by atoms with Crippen molar-refractivity contribution in [1.29, 1.82) is 0 Å². The molecule has 0 aromatic heterocycles. The Morgan fingerprint density at radius 1 is 0.909 bits per heavy atom. The molecular formula is C21H21F. The van der Waals surface area contributed by atoms with E-state index in [1.165, 1.54) is 11.1 Å². The van der Waals surface area contributed by atoms with Crippen molar-refractivity contribution >= 4 is 0 Å². The molecule has 0 saturated heterocycles. The van der Waals surface area contributed by atoms with Crippen LogP contribution < -0.4 is 0 Å². The van der Waals surface area contributed by atoms with Gasteiger partial charge in [0, 0.05) is 5.92 Å². The Hall–Kier alpha value is -2.15. The molecule has 112 valence electrons. The number of aryl methyl sites for hydroxylation is 1. The highest BCUT2D eigenvalue weighted by molar-refractivity contribution is 5.64. The molecule has 1 aliphatic carbocycles. The SMILES string of the molecule is CC1=CC(C)C(c2ccc(-c3ccc(C)cc3)cc2F)C=C1. The summed E-state index contributed by atoms with van der Waals surface area (Å²) in [5, 5.41) is 0. The van der Waals surface area contributed by atoms with Crippen LogP contribution in [0.4, 0.5) is 4.39 Å². The zero-order valence-electron chi connectivity index (χ0n) is 13.3. The number of halogens is 1. The largest absolute Gasteiger partial charge is 0.207 e. The van der Waals surface area contributed by atoms with Gasteiger partial charge in [0.05, 0.1) is 0 Å². The highest BCUT2D eigenvalue weighted by atomic mass is 19.1. The van der Waals surface area contributed by atoms with Crippen molar-refractivity contribution in [3.8, 4) is 11.1 Å². The second-order valence-corrected chi connectivity index (χ2v) is 6.26. The van der Waals surface area contributed by atoms with Gasteiger partial charge in [0.25, 0.3) is 0 Å². The van der Waals surface area contributed by atoms with E-state index in [4.69, 9.17) is 0 Å². The third kappa shape index (κ3) is 2.89. The summed E-state index contributed by atoms with van der Waals surface area (Å²) in [7, 11) is 0. The minimum absolute atomic E-state index is 0.118. The number of rotatable bonds is 2. The normalized spacial score (nSPS) is 20.8. The Bertz CT molecular complexity index is 735. The van der Waals surface area contributed by atoms with Crippen molar-refractivity contribution in [2.75, 3.05) is 0 Å². The molecular weight excluding hydrogens is 271 g/mol. The van der Waals surface area contributed by atoms with Gasteiger partial charge in [-0.15, -0.1) is 0 Å². The van der Waals surface area contributed by atoms with Crippen LogP contribution in [-0.4, -0.2) is 0 Å². The van der Waals surface area contributed by atoms with Crippen molar-refractivity contribution in [3.63, 3.8) is 0 Å². The summed E-state index contributed by atoms with van der Waals surface area (Å²) >= 11 is 0. The molecule has 2 unspecified atom stereocenters. The Morgan fingerprint density at radius 3 is 2.23 bits per heavy atom. The van der Waals surface area contributed by atoms with Crippen LogP contribution in [0.15, 0.2) is 66.3 Å². The van der Waals surface area contributed by atoms with Gasteiger partial charge in [-0.05, 0) is 42.5 Å². The predicted molar refractivity (Wildman–Crippen MR) is 91.4 cm³/mol. The molecule has 2 atom stereocenters. The summed E-state index contributed by atoms with van der Waals surface area (Å²) in [4.78, 5) is 0. The van der Waals surface area contributed by atoms with Gasteiger partial charge in [0.2, 0.25) is 0 Å². The molecule has 2 aromatic carbocycles. The van der Waals surface area contributed by atoms with E-state index in [1.54, 1.807) is 6.07 Å². The molecule has 0 fully saturated rings. The van der Waals surface area contributed by atoms with Crippen LogP contribution in [-0.2, 0) is 0 Å². The smallest absolute Gasteiger partial charge is 0.127 e. The van der Waals surface area contributed by atoms with Crippen molar-refractivity contribution in [1.82, 2.24) is 0 Å². The average Bonchev–Trinajstić information content (AvgIpc) is 2.49. The lowest BCUT2D eigenvalue weighted by molar-refractivity contribution is 0.559. The summed E-state index contributed by atoms with van der Waals surface area (Å²) < 4.78 is 14.6. The van der Waals surface area contributed by atoms with E-state index in [0.717, 1.165) is 16.7 Å². The summed E-state index contributed by atoms with van der Waals surface area (Å²) in [5.41, 5.74) is 5.23. The molecule has 0 aliphatic heterocycles. The molecule has 0 spiro atoms. The van der Waals surface area contributed by atoms with E-state index < -0.39 is 0 Å². The predicted octanol–water partition coefficient (Wildman–Crippen LogP) is 6.04. The summed E-state index contributed by atoms with van der Waals surface area (Å²) in [6, 6.07) is 13.8. The monoisotopic (exact) mass is 292 g/mol. The third-order valence-corrected chi connectivity index (χ3v) is 4.40. The van der Waals surface area contributed by atoms with Crippen LogP contribution in [0.3, 0.4) is 0 Å². The fourth-order valence-electron chi connectivity index (χ4n) is 3.11. The van der Waals surface area contributed by atoms with Crippen molar-refractivity contribution in [3.05, 3.63) is 83.2 Å². The Kier molecular flexibility index (Phi) is 3.98. The molecule has 1 aliphatic rings. The van der Waals surface area contributed by atoms with Gasteiger partial charge in [-0.1, -0.05) is 72.7 Å². The lowest BCUT2D eigenvalue weighted by atomic mass is 9.82. The molecule has 0 bridgehead atoms. The maximum atomic E-state index is 14.6. The molecule has 0 N–H and O–H groups in total. The van der Waals surface area contributed by atoms with Crippen molar-refractivity contribution in [2.24, 2.45) is 5.92 Å². The minimum atomic E-state index is -0.118. The van der Waals surface area contributed by atoms with Gasteiger partial charge in [-0.2, -0.15) is 0 Å². The molecule has 0 radical (unpaired) electrons. The van der Waals surface area contributed by atoms with Gasteiger partial charge in [-0.3, -0.25) is 0 Å². The topological polar surface area (TPSA) is 0 Å². The highest BCUT2D eigenvalue weighted by Crippen LogP contribution is 2.34. The summed E-state index contributed by atoms with van der Waals surface area (Å²) in [6.45, 7) is 6.28. The quantitative estimate of drug-likeness (QED) is 0.633. The van der Waals surface area contributed by atoms with E-state index in [2.05, 4.69) is 51.1 Å². The Balaban J connectivity index is 1.93. The first kappa shape index (κ1) is 14.8. The zero-order valence-corrected chi connectivity index (χ0v) is 13.3. The van der Waals surface area contributed by atoms with Crippen LogP contribution in [0, 0.1) is 18.7 Å². The molecule has 22 heavy (non-hydrogen) atoms. The minimum Gasteiger partial charge on any atom is -0.207 e. The van der Waals surface area contributed by atoms with Gasteiger partial charge < -0.3 is 0 Å². The van der Waals surface area contributed by atoms with E-state index in [-0.39, 0.29) is 11.7 Å². The number of allylic oxidation sites excluding steroid dienone is 4. The molecule has 1 heteroatoms. The molecule has 0 nitrogen and oxygen atoms in total. The lowest BCUT2D eigenvalue weighted by Gasteiger charge is -2.23. The Morgan fingerprint density at radius 2 is 1.59 bits per heavy atom. The molecule has 0 amide bonds. The zero-order chi connectivity index (χ0) is 15.7. The van der Waals surface area contributed by atoms with Crippen LogP contribution >= 0.6 is 0 Å². The maximum absolute atomic E-state index is 14.6. The Labute approximate surface area is 132 Å². The van der Waals surface area contributed by atoms with E-state index >= 15 is 0 Å². The van der Waals surface area contributed by atoms with Gasteiger partial charge >= 0.3 is 0 Å². The third-order valence-electron chi connectivity index (χ3n) is 4.40. The second-order valence-electron chi connectivity index (χ2n) is 6.26. The molecule has 3 rings (SSSR count). The second kappa shape index (κ2) is 5.92. The van der Waals surface area contributed by atoms with E-state index in [9.17, 15) is 4.39 Å². The fourth-order valence-corrected chi connectivity index (χ4v) is 3.11. The number of benzene rings is 2. The standard InChI is InChI=1S/C21H21F/c1-14-4-7-17(8-5-14)18-9-11-20(21(22)13-18)19-10-6-15(2)12-16(19)3/h4-13,16,19H,1-3H3. The molecule has 0 saturated carbocycles. The lowest BCUT2D eigenvalue weighted by Crippen LogP contribution is -2.10. The first-order valence-electron chi connectivity index (χ1n) is 7.78. The fraction of sp³-hybridized carbons (Fsp3) is 0.238. The van der Waals surface area contributed by atoms with Crippen LogP contribution in [0.25, 0.3) is 11.1 Å². The van der Waals surface area contributed by atoms with Gasteiger partial charge in [-0.25, -0.2) is 4.39 Å². The van der Waals surface area contributed by atoms with Crippen molar-refractivity contribution < 1.29 is 4.39 Å². The first-order valence-corrected chi connectivity index (χ1v) is 7.78.